The topological polar surface area (TPSA) is 42.4 Å². The molecule has 3 rings (SSSR count). The van der Waals surface area contributed by atoms with Crippen LogP contribution in [0.5, 0.6) is 5.88 Å². The zero-order chi connectivity index (χ0) is 18.2. The van der Waals surface area contributed by atoms with Gasteiger partial charge in [0, 0.05) is 25.0 Å². The number of carbonyl (C=O) groups is 1. The van der Waals surface area contributed by atoms with Crippen LogP contribution in [0.1, 0.15) is 42.1 Å². The smallest absolute Gasteiger partial charge is 0.259 e. The molecule has 2 aromatic rings. The summed E-state index contributed by atoms with van der Waals surface area (Å²) >= 11 is 1.89. The Bertz CT molecular complexity index is 702. The van der Waals surface area contributed by atoms with Gasteiger partial charge in [-0.25, -0.2) is 4.98 Å². The maximum Gasteiger partial charge on any atom is 0.259 e. The summed E-state index contributed by atoms with van der Waals surface area (Å²) < 4.78 is 6.05. The Morgan fingerprint density at radius 3 is 2.85 bits per heavy atom. The molecule has 0 bridgehead atoms. The Hall–Kier alpha value is -2.01. The van der Waals surface area contributed by atoms with E-state index in [0.29, 0.717) is 18.0 Å². The lowest BCUT2D eigenvalue weighted by atomic mass is 10.1. The van der Waals surface area contributed by atoms with Gasteiger partial charge in [0.25, 0.3) is 5.91 Å². The number of aromatic nitrogens is 1. The quantitative estimate of drug-likeness (QED) is 0.690. The van der Waals surface area contributed by atoms with Crippen LogP contribution in [-0.4, -0.2) is 39.9 Å². The number of pyridine rings is 1. The van der Waals surface area contributed by atoms with Crippen LogP contribution < -0.4 is 4.74 Å². The molecule has 138 valence electrons. The van der Waals surface area contributed by atoms with Crippen molar-refractivity contribution in [2.45, 2.75) is 38.8 Å². The van der Waals surface area contributed by atoms with Crippen LogP contribution in [0.4, 0.5) is 0 Å². The van der Waals surface area contributed by atoms with E-state index in [9.17, 15) is 4.79 Å². The van der Waals surface area contributed by atoms with Crippen LogP contribution in [0.2, 0.25) is 0 Å². The van der Waals surface area contributed by atoms with Crippen molar-refractivity contribution < 1.29 is 9.53 Å². The molecule has 0 saturated carbocycles. The molecule has 0 N–H and O–H groups in total. The molecular weight excluding hydrogens is 344 g/mol. The van der Waals surface area contributed by atoms with Crippen LogP contribution in [-0.2, 0) is 6.54 Å². The molecule has 1 aliphatic rings. The third-order valence-corrected chi connectivity index (χ3v) is 5.58. The highest BCUT2D eigenvalue weighted by molar-refractivity contribution is 7.99. The van der Waals surface area contributed by atoms with Crippen molar-refractivity contribution in [2.75, 3.05) is 18.1 Å². The van der Waals surface area contributed by atoms with Crippen molar-refractivity contribution in [1.82, 2.24) is 9.88 Å². The van der Waals surface area contributed by atoms with Gasteiger partial charge >= 0.3 is 0 Å². The fraction of sp³-hybridized carbons (Fsp3) is 0.429. The van der Waals surface area contributed by atoms with E-state index in [1.54, 1.807) is 6.20 Å². The van der Waals surface area contributed by atoms with Gasteiger partial charge in [-0.15, -0.1) is 0 Å². The molecule has 0 aliphatic carbocycles. The first kappa shape index (κ1) is 18.8. The van der Waals surface area contributed by atoms with Crippen molar-refractivity contribution in [1.29, 1.82) is 0 Å². The predicted octanol–water partition coefficient (Wildman–Crippen LogP) is 4.41. The lowest BCUT2D eigenvalue weighted by molar-refractivity contribution is 0.0732. The van der Waals surface area contributed by atoms with Gasteiger partial charge in [-0.2, -0.15) is 11.8 Å². The number of hydrogen-bond acceptors (Lipinski definition) is 4. The minimum absolute atomic E-state index is 0.00365. The predicted molar refractivity (Wildman–Crippen MR) is 107 cm³/mol. The van der Waals surface area contributed by atoms with E-state index in [4.69, 9.17) is 4.74 Å². The summed E-state index contributed by atoms with van der Waals surface area (Å²) in [5.74, 6) is 2.54. The Balaban J connectivity index is 1.79. The van der Waals surface area contributed by atoms with Crippen LogP contribution in [0, 0.1) is 0 Å². The Morgan fingerprint density at radius 1 is 1.27 bits per heavy atom. The lowest BCUT2D eigenvalue weighted by Gasteiger charge is -2.24. The fourth-order valence-electron chi connectivity index (χ4n) is 2.99. The van der Waals surface area contributed by atoms with Crippen LogP contribution in [0.25, 0.3) is 0 Å². The first-order valence-corrected chi connectivity index (χ1v) is 10.5. The molecule has 0 radical (unpaired) electrons. The maximum absolute atomic E-state index is 13.3. The average Bonchev–Trinajstić information content (AvgIpc) is 3.19. The lowest BCUT2D eigenvalue weighted by Crippen LogP contribution is -2.32. The number of ether oxygens (including phenoxy) is 1. The number of hydrogen-bond donors (Lipinski definition) is 0. The standard InChI is InChI=1S/C21H26N2O2S/c1-2-3-13-23(15-17-8-5-4-6-9-17)21(24)19-10-7-12-22-20(19)25-18-11-14-26-16-18/h4-10,12,18H,2-3,11,13-16H2,1H3. The molecule has 1 aromatic heterocycles. The van der Waals surface area contributed by atoms with Crippen molar-refractivity contribution in [3.8, 4) is 5.88 Å². The summed E-state index contributed by atoms with van der Waals surface area (Å²) in [6.07, 6.45) is 4.89. The molecule has 1 unspecified atom stereocenters. The number of carbonyl (C=O) groups excluding carboxylic acids is 1. The van der Waals surface area contributed by atoms with Crippen molar-refractivity contribution in [3.05, 3.63) is 59.8 Å². The highest BCUT2D eigenvalue weighted by atomic mass is 32.2. The number of nitrogens with zero attached hydrogens (tertiary/aromatic N) is 2. The SMILES string of the molecule is CCCCN(Cc1ccccc1)C(=O)c1cccnc1OC1CCSC1. The van der Waals surface area contributed by atoms with Gasteiger partial charge in [-0.1, -0.05) is 43.7 Å². The number of benzene rings is 1. The third-order valence-electron chi connectivity index (χ3n) is 4.45. The molecule has 26 heavy (non-hydrogen) atoms. The Kier molecular flexibility index (Phi) is 6.95. The maximum atomic E-state index is 13.3. The first-order valence-electron chi connectivity index (χ1n) is 9.30. The van der Waals surface area contributed by atoms with E-state index in [1.807, 2.05) is 47.0 Å². The van der Waals surface area contributed by atoms with Gasteiger partial charge in [0.05, 0.1) is 0 Å². The van der Waals surface area contributed by atoms with Gasteiger partial charge in [0.15, 0.2) is 0 Å². The van der Waals surface area contributed by atoms with Gasteiger partial charge < -0.3 is 9.64 Å². The highest BCUT2D eigenvalue weighted by Crippen LogP contribution is 2.25. The minimum atomic E-state index is -0.00365. The summed E-state index contributed by atoms with van der Waals surface area (Å²) in [4.78, 5) is 19.5. The third kappa shape index (κ3) is 5.01. The fourth-order valence-corrected chi connectivity index (χ4v) is 4.08. The van der Waals surface area contributed by atoms with E-state index < -0.39 is 0 Å². The van der Waals surface area contributed by atoms with Crippen molar-refractivity contribution >= 4 is 17.7 Å². The van der Waals surface area contributed by atoms with Crippen molar-refractivity contribution in [2.24, 2.45) is 0 Å². The van der Waals surface area contributed by atoms with Crippen LogP contribution in [0.3, 0.4) is 0 Å². The van der Waals surface area contributed by atoms with Gasteiger partial charge in [-0.05, 0) is 36.3 Å². The molecule has 1 fully saturated rings. The normalized spacial score (nSPS) is 16.4. The molecular formula is C21H26N2O2S. The molecule has 4 nitrogen and oxygen atoms in total. The molecule has 1 amide bonds. The van der Waals surface area contributed by atoms with E-state index in [-0.39, 0.29) is 12.0 Å². The van der Waals surface area contributed by atoms with Crippen molar-refractivity contribution in [3.63, 3.8) is 0 Å². The second kappa shape index (κ2) is 9.62. The number of rotatable bonds is 8. The molecule has 5 heteroatoms. The first-order chi connectivity index (χ1) is 12.8. The summed E-state index contributed by atoms with van der Waals surface area (Å²) in [6, 6.07) is 13.8. The summed E-state index contributed by atoms with van der Waals surface area (Å²) in [5.41, 5.74) is 1.70. The van der Waals surface area contributed by atoms with Gasteiger partial charge in [0.1, 0.15) is 11.7 Å². The van der Waals surface area contributed by atoms with E-state index in [0.717, 1.165) is 42.9 Å². The number of thioether (sulfide) groups is 1. The molecule has 1 saturated heterocycles. The summed E-state index contributed by atoms with van der Waals surface area (Å²) in [6.45, 7) is 3.48. The zero-order valence-electron chi connectivity index (χ0n) is 15.3. The molecule has 1 aliphatic heterocycles. The van der Waals surface area contributed by atoms with Crippen LogP contribution >= 0.6 is 11.8 Å². The summed E-state index contributed by atoms with van der Waals surface area (Å²) in [5, 5.41) is 0. The van der Waals surface area contributed by atoms with Crippen LogP contribution in [0.15, 0.2) is 48.7 Å². The second-order valence-corrected chi connectivity index (χ2v) is 7.68. The van der Waals surface area contributed by atoms with E-state index in [1.165, 1.54) is 0 Å². The molecule has 1 atom stereocenters. The number of unbranched alkanes of at least 4 members (excludes halogenated alkanes) is 1. The van der Waals surface area contributed by atoms with E-state index in [2.05, 4.69) is 24.0 Å². The second-order valence-electron chi connectivity index (χ2n) is 6.53. The largest absolute Gasteiger partial charge is 0.473 e. The Labute approximate surface area is 160 Å². The van der Waals surface area contributed by atoms with Gasteiger partial charge in [-0.3, -0.25) is 4.79 Å². The molecule has 2 heterocycles. The molecule has 1 aromatic carbocycles. The zero-order valence-corrected chi connectivity index (χ0v) is 16.1. The van der Waals surface area contributed by atoms with E-state index >= 15 is 0 Å². The molecule has 0 spiro atoms. The van der Waals surface area contributed by atoms with Gasteiger partial charge in [0.2, 0.25) is 5.88 Å². The summed E-state index contributed by atoms with van der Waals surface area (Å²) in [7, 11) is 0. The monoisotopic (exact) mass is 370 g/mol. The number of amides is 1. The highest BCUT2D eigenvalue weighted by Gasteiger charge is 2.24. The Morgan fingerprint density at radius 2 is 2.12 bits per heavy atom. The minimum Gasteiger partial charge on any atom is -0.473 e. The average molecular weight is 371 g/mol.